The van der Waals surface area contributed by atoms with Gasteiger partial charge >= 0.3 is 0 Å². The first kappa shape index (κ1) is 13.9. The van der Waals surface area contributed by atoms with Crippen molar-refractivity contribution in [3.63, 3.8) is 0 Å². The van der Waals surface area contributed by atoms with E-state index in [9.17, 15) is 0 Å². The zero-order chi connectivity index (χ0) is 14.7. The molecule has 0 aliphatic carbocycles. The van der Waals surface area contributed by atoms with Crippen molar-refractivity contribution in [2.75, 3.05) is 6.54 Å². The summed E-state index contributed by atoms with van der Waals surface area (Å²) in [5, 5.41) is 3.38. The van der Waals surface area contributed by atoms with E-state index in [1.165, 1.54) is 11.1 Å². The van der Waals surface area contributed by atoms with E-state index in [2.05, 4.69) is 36.0 Å². The summed E-state index contributed by atoms with van der Waals surface area (Å²) in [6, 6.07) is 10.3. The molecular formula is C17H21N3O. The average molecular weight is 283 g/mol. The number of hydrogen-bond donors (Lipinski definition) is 1. The van der Waals surface area contributed by atoms with Crippen LogP contribution < -0.4 is 5.32 Å². The van der Waals surface area contributed by atoms with Gasteiger partial charge in [0.1, 0.15) is 11.6 Å². The molecule has 0 fully saturated rings. The predicted molar refractivity (Wildman–Crippen MR) is 84.2 cm³/mol. The summed E-state index contributed by atoms with van der Waals surface area (Å²) in [5.41, 5.74) is 3.42. The van der Waals surface area contributed by atoms with Gasteiger partial charge < -0.3 is 14.3 Å². The SMILES string of the molecule is CCCNCc1occc1Cc1nc2ccccc2n1C. The summed E-state index contributed by atoms with van der Waals surface area (Å²) in [6.45, 7) is 3.95. The minimum atomic E-state index is 0.778. The number of para-hydroxylation sites is 2. The van der Waals surface area contributed by atoms with Crippen molar-refractivity contribution in [3.8, 4) is 0 Å². The Morgan fingerprint density at radius 2 is 2.10 bits per heavy atom. The molecule has 0 bridgehead atoms. The summed E-state index contributed by atoms with van der Waals surface area (Å²) in [4.78, 5) is 4.73. The standard InChI is InChI=1S/C17H21N3O/c1-3-9-18-12-16-13(8-10-21-16)11-17-19-14-6-4-5-7-15(14)20(17)2/h4-8,10,18H,3,9,11-12H2,1-2H3. The highest BCUT2D eigenvalue weighted by Crippen LogP contribution is 2.19. The molecule has 110 valence electrons. The third-order valence-corrected chi connectivity index (χ3v) is 3.78. The molecule has 0 radical (unpaired) electrons. The van der Waals surface area contributed by atoms with E-state index in [-0.39, 0.29) is 0 Å². The molecule has 2 aromatic heterocycles. The van der Waals surface area contributed by atoms with Crippen molar-refractivity contribution in [1.29, 1.82) is 0 Å². The first-order valence-electron chi connectivity index (χ1n) is 7.46. The third-order valence-electron chi connectivity index (χ3n) is 3.78. The highest BCUT2D eigenvalue weighted by molar-refractivity contribution is 5.75. The third kappa shape index (κ3) is 2.85. The van der Waals surface area contributed by atoms with Crippen molar-refractivity contribution in [3.05, 3.63) is 53.7 Å². The summed E-state index contributed by atoms with van der Waals surface area (Å²) < 4.78 is 7.76. The van der Waals surface area contributed by atoms with Gasteiger partial charge in [-0.15, -0.1) is 0 Å². The highest BCUT2D eigenvalue weighted by atomic mass is 16.3. The second-order valence-electron chi connectivity index (χ2n) is 5.30. The molecule has 0 unspecified atom stereocenters. The molecule has 0 spiro atoms. The first-order chi connectivity index (χ1) is 10.3. The Labute approximate surface area is 124 Å². The van der Waals surface area contributed by atoms with E-state index in [1.54, 1.807) is 6.26 Å². The zero-order valence-corrected chi connectivity index (χ0v) is 12.6. The summed E-state index contributed by atoms with van der Waals surface area (Å²) in [6.07, 6.45) is 3.69. The topological polar surface area (TPSA) is 43.0 Å². The Kier molecular flexibility index (Phi) is 4.06. The number of nitrogens with one attached hydrogen (secondary N) is 1. The molecule has 0 saturated carbocycles. The highest BCUT2D eigenvalue weighted by Gasteiger charge is 2.12. The normalized spacial score (nSPS) is 11.3. The maximum absolute atomic E-state index is 5.60. The number of hydrogen-bond acceptors (Lipinski definition) is 3. The number of furan rings is 1. The van der Waals surface area contributed by atoms with Crippen LogP contribution >= 0.6 is 0 Å². The number of imidazole rings is 1. The lowest BCUT2D eigenvalue weighted by atomic mass is 10.1. The molecule has 0 saturated heterocycles. The Balaban J connectivity index is 1.82. The molecule has 2 heterocycles. The fraction of sp³-hybridized carbons (Fsp3) is 0.353. The lowest BCUT2D eigenvalue weighted by Gasteiger charge is -2.05. The zero-order valence-electron chi connectivity index (χ0n) is 12.6. The van der Waals surface area contributed by atoms with Crippen LogP contribution in [-0.2, 0) is 20.0 Å². The van der Waals surface area contributed by atoms with Gasteiger partial charge in [0.15, 0.2) is 0 Å². The molecule has 3 aromatic rings. The Morgan fingerprint density at radius 1 is 1.24 bits per heavy atom. The van der Waals surface area contributed by atoms with Crippen molar-refractivity contribution in [1.82, 2.24) is 14.9 Å². The summed E-state index contributed by atoms with van der Waals surface area (Å²) >= 11 is 0. The van der Waals surface area contributed by atoms with Crippen LogP contribution in [0.3, 0.4) is 0 Å². The van der Waals surface area contributed by atoms with E-state index < -0.39 is 0 Å². The molecule has 1 N–H and O–H groups in total. The number of benzene rings is 1. The van der Waals surface area contributed by atoms with Gasteiger partial charge in [-0.1, -0.05) is 19.1 Å². The fourth-order valence-corrected chi connectivity index (χ4v) is 2.58. The number of nitrogens with zero attached hydrogens (tertiary/aromatic N) is 2. The Hall–Kier alpha value is -2.07. The smallest absolute Gasteiger partial charge is 0.121 e. The Morgan fingerprint density at radius 3 is 2.90 bits per heavy atom. The van der Waals surface area contributed by atoms with Crippen LogP contribution in [0.15, 0.2) is 41.0 Å². The molecule has 3 rings (SSSR count). The molecule has 4 heteroatoms. The van der Waals surface area contributed by atoms with Crippen LogP contribution in [0.1, 0.15) is 30.5 Å². The second kappa shape index (κ2) is 6.14. The van der Waals surface area contributed by atoms with Crippen molar-refractivity contribution < 1.29 is 4.42 Å². The molecule has 0 amide bonds. The van der Waals surface area contributed by atoms with Gasteiger partial charge in [0.2, 0.25) is 0 Å². The van der Waals surface area contributed by atoms with Crippen molar-refractivity contribution >= 4 is 11.0 Å². The Bertz CT molecular complexity index is 727. The summed E-state index contributed by atoms with van der Waals surface area (Å²) in [7, 11) is 2.07. The maximum atomic E-state index is 5.60. The van der Waals surface area contributed by atoms with E-state index >= 15 is 0 Å². The minimum Gasteiger partial charge on any atom is -0.468 e. The van der Waals surface area contributed by atoms with Crippen molar-refractivity contribution in [2.45, 2.75) is 26.3 Å². The van der Waals surface area contributed by atoms with Crippen molar-refractivity contribution in [2.24, 2.45) is 7.05 Å². The number of aromatic nitrogens is 2. The number of fused-ring (bicyclic) bond motifs is 1. The molecular weight excluding hydrogens is 262 g/mol. The predicted octanol–water partition coefficient (Wildman–Crippen LogP) is 3.26. The lowest BCUT2D eigenvalue weighted by Crippen LogP contribution is -2.14. The van der Waals surface area contributed by atoms with Crippen LogP contribution in [0.4, 0.5) is 0 Å². The molecule has 0 aliphatic rings. The quantitative estimate of drug-likeness (QED) is 0.706. The van der Waals surface area contributed by atoms with Gasteiger partial charge in [-0.3, -0.25) is 0 Å². The largest absolute Gasteiger partial charge is 0.468 e. The van der Waals surface area contributed by atoms with E-state index in [0.717, 1.165) is 43.0 Å². The minimum absolute atomic E-state index is 0.778. The van der Waals surface area contributed by atoms with Gasteiger partial charge in [0, 0.05) is 19.0 Å². The average Bonchev–Trinajstić information content (AvgIpc) is 3.06. The second-order valence-corrected chi connectivity index (χ2v) is 5.30. The summed E-state index contributed by atoms with van der Waals surface area (Å²) in [5.74, 6) is 2.07. The van der Waals surface area contributed by atoms with Gasteiger partial charge in [-0.25, -0.2) is 4.98 Å². The fourth-order valence-electron chi connectivity index (χ4n) is 2.58. The van der Waals surface area contributed by atoms with Gasteiger partial charge in [-0.05, 0) is 31.2 Å². The van der Waals surface area contributed by atoms with Crippen LogP contribution in [0.25, 0.3) is 11.0 Å². The lowest BCUT2D eigenvalue weighted by molar-refractivity contribution is 0.479. The van der Waals surface area contributed by atoms with Crippen LogP contribution in [0, 0.1) is 0 Å². The molecule has 4 nitrogen and oxygen atoms in total. The van der Waals surface area contributed by atoms with Gasteiger partial charge in [-0.2, -0.15) is 0 Å². The number of rotatable bonds is 6. The van der Waals surface area contributed by atoms with Crippen LogP contribution in [-0.4, -0.2) is 16.1 Å². The molecule has 21 heavy (non-hydrogen) atoms. The number of aryl methyl sites for hydroxylation is 1. The van der Waals surface area contributed by atoms with Gasteiger partial charge in [0.05, 0.1) is 23.8 Å². The van der Waals surface area contributed by atoms with Crippen LogP contribution in [0.2, 0.25) is 0 Å². The first-order valence-corrected chi connectivity index (χ1v) is 7.46. The van der Waals surface area contributed by atoms with E-state index in [4.69, 9.17) is 9.40 Å². The van der Waals surface area contributed by atoms with Gasteiger partial charge in [0.25, 0.3) is 0 Å². The molecule has 1 aromatic carbocycles. The monoisotopic (exact) mass is 283 g/mol. The van der Waals surface area contributed by atoms with E-state index in [0.29, 0.717) is 0 Å². The molecule has 0 atom stereocenters. The maximum Gasteiger partial charge on any atom is 0.121 e. The molecule has 0 aliphatic heterocycles. The van der Waals surface area contributed by atoms with Crippen LogP contribution in [0.5, 0.6) is 0 Å². The van der Waals surface area contributed by atoms with E-state index in [1.807, 2.05) is 18.2 Å².